The number of nitrogens with one attached hydrogen (secondary N) is 1. The molecule has 1 heterocycles. The molecule has 0 aromatic carbocycles. The Morgan fingerprint density at radius 2 is 2.00 bits per heavy atom. The Morgan fingerprint density at radius 3 is 2.61 bits per heavy atom. The lowest BCUT2D eigenvalue weighted by atomic mass is 10.2. The van der Waals surface area contributed by atoms with Crippen LogP contribution in [0.1, 0.15) is 33.1 Å². The SMILES string of the molecule is CCOC(=O)C(C)CNCCC(=O)N1CCCC1. The number of ether oxygens (including phenoxy) is 1. The van der Waals surface area contributed by atoms with E-state index in [4.69, 9.17) is 4.74 Å². The average Bonchev–Trinajstić information content (AvgIpc) is 2.88. The molecule has 1 N–H and O–H groups in total. The van der Waals surface area contributed by atoms with Gasteiger partial charge in [-0.2, -0.15) is 0 Å². The molecule has 1 amide bonds. The molecule has 1 aliphatic heterocycles. The molecule has 1 aliphatic rings. The highest BCUT2D eigenvalue weighted by molar-refractivity contribution is 5.76. The maximum Gasteiger partial charge on any atom is 0.309 e. The van der Waals surface area contributed by atoms with Crippen LogP contribution in [0, 0.1) is 5.92 Å². The molecule has 1 rings (SSSR count). The zero-order valence-corrected chi connectivity index (χ0v) is 11.4. The fourth-order valence-corrected chi connectivity index (χ4v) is 2.01. The number of hydrogen-bond donors (Lipinski definition) is 1. The molecule has 0 aromatic heterocycles. The summed E-state index contributed by atoms with van der Waals surface area (Å²) in [4.78, 5) is 25.0. The van der Waals surface area contributed by atoms with Gasteiger partial charge in [-0.05, 0) is 19.8 Å². The number of hydrogen-bond acceptors (Lipinski definition) is 4. The van der Waals surface area contributed by atoms with E-state index in [0.29, 0.717) is 26.1 Å². The summed E-state index contributed by atoms with van der Waals surface area (Å²) < 4.78 is 4.91. The summed E-state index contributed by atoms with van der Waals surface area (Å²) in [5, 5.41) is 3.13. The number of carbonyl (C=O) groups excluding carboxylic acids is 2. The number of nitrogens with zero attached hydrogens (tertiary/aromatic N) is 1. The van der Waals surface area contributed by atoms with Gasteiger partial charge in [0.05, 0.1) is 12.5 Å². The smallest absolute Gasteiger partial charge is 0.309 e. The van der Waals surface area contributed by atoms with Crippen molar-refractivity contribution in [1.29, 1.82) is 0 Å². The van der Waals surface area contributed by atoms with Gasteiger partial charge in [0, 0.05) is 32.6 Å². The lowest BCUT2D eigenvalue weighted by Gasteiger charge is -2.16. The normalized spacial score (nSPS) is 16.7. The van der Waals surface area contributed by atoms with Gasteiger partial charge in [0.2, 0.25) is 5.91 Å². The molecule has 5 nitrogen and oxygen atoms in total. The van der Waals surface area contributed by atoms with Crippen LogP contribution in [0.4, 0.5) is 0 Å². The maximum absolute atomic E-state index is 11.7. The van der Waals surface area contributed by atoms with Crippen molar-refractivity contribution in [1.82, 2.24) is 10.2 Å². The fourth-order valence-electron chi connectivity index (χ4n) is 2.01. The quantitative estimate of drug-likeness (QED) is 0.540. The van der Waals surface area contributed by atoms with Crippen molar-refractivity contribution in [2.75, 3.05) is 32.8 Å². The molecular weight excluding hydrogens is 232 g/mol. The highest BCUT2D eigenvalue weighted by atomic mass is 16.5. The molecule has 5 heteroatoms. The summed E-state index contributed by atoms with van der Waals surface area (Å²) in [6.45, 7) is 7.03. The van der Waals surface area contributed by atoms with E-state index < -0.39 is 0 Å². The molecule has 0 radical (unpaired) electrons. The zero-order valence-electron chi connectivity index (χ0n) is 11.4. The van der Waals surface area contributed by atoms with E-state index in [1.54, 1.807) is 6.92 Å². The molecular formula is C13H24N2O3. The van der Waals surface area contributed by atoms with Crippen molar-refractivity contribution in [3.63, 3.8) is 0 Å². The Morgan fingerprint density at radius 1 is 1.33 bits per heavy atom. The standard InChI is InChI=1S/C13H24N2O3/c1-3-18-13(17)11(2)10-14-7-6-12(16)15-8-4-5-9-15/h11,14H,3-10H2,1-2H3. The predicted molar refractivity (Wildman–Crippen MR) is 69.1 cm³/mol. The van der Waals surface area contributed by atoms with Crippen molar-refractivity contribution >= 4 is 11.9 Å². The minimum atomic E-state index is -0.184. The predicted octanol–water partition coefficient (Wildman–Crippen LogP) is 0.788. The second-order valence-corrected chi connectivity index (χ2v) is 4.70. The summed E-state index contributed by atoms with van der Waals surface area (Å²) in [6, 6.07) is 0. The lowest BCUT2D eigenvalue weighted by Crippen LogP contribution is -2.33. The third kappa shape index (κ3) is 5.04. The van der Waals surface area contributed by atoms with Gasteiger partial charge in [0.15, 0.2) is 0 Å². The number of amides is 1. The fraction of sp³-hybridized carbons (Fsp3) is 0.846. The highest BCUT2D eigenvalue weighted by Gasteiger charge is 2.17. The van der Waals surface area contributed by atoms with Crippen LogP contribution in [0.25, 0.3) is 0 Å². The third-order valence-electron chi connectivity index (χ3n) is 3.11. The minimum Gasteiger partial charge on any atom is -0.466 e. The van der Waals surface area contributed by atoms with Crippen LogP contribution >= 0.6 is 0 Å². The molecule has 1 unspecified atom stereocenters. The van der Waals surface area contributed by atoms with Gasteiger partial charge in [0.1, 0.15) is 0 Å². The molecule has 104 valence electrons. The summed E-state index contributed by atoms with van der Waals surface area (Å²) in [5.74, 6) is -0.133. The van der Waals surface area contributed by atoms with Crippen LogP contribution in [-0.4, -0.2) is 49.6 Å². The molecule has 0 aromatic rings. The Bertz CT molecular complexity index is 275. The van der Waals surface area contributed by atoms with Crippen LogP contribution in [0.5, 0.6) is 0 Å². The Balaban J connectivity index is 2.07. The van der Waals surface area contributed by atoms with E-state index in [9.17, 15) is 9.59 Å². The zero-order chi connectivity index (χ0) is 13.4. The first-order valence-corrected chi connectivity index (χ1v) is 6.80. The first-order valence-electron chi connectivity index (χ1n) is 6.80. The van der Waals surface area contributed by atoms with Gasteiger partial charge in [-0.3, -0.25) is 9.59 Å². The number of likely N-dealkylation sites (tertiary alicyclic amines) is 1. The van der Waals surface area contributed by atoms with Crippen molar-refractivity contribution < 1.29 is 14.3 Å². The monoisotopic (exact) mass is 256 g/mol. The van der Waals surface area contributed by atoms with Crippen molar-refractivity contribution in [2.45, 2.75) is 33.1 Å². The topological polar surface area (TPSA) is 58.6 Å². The second kappa shape index (κ2) is 8.08. The van der Waals surface area contributed by atoms with Gasteiger partial charge >= 0.3 is 5.97 Å². The summed E-state index contributed by atoms with van der Waals surface area (Å²) >= 11 is 0. The van der Waals surface area contributed by atoms with Gasteiger partial charge in [-0.1, -0.05) is 6.92 Å². The first-order chi connectivity index (χ1) is 8.65. The van der Waals surface area contributed by atoms with E-state index in [2.05, 4.69) is 5.32 Å². The minimum absolute atomic E-state index is 0.160. The lowest BCUT2D eigenvalue weighted by molar-refractivity contribution is -0.147. The first kappa shape index (κ1) is 15.0. The maximum atomic E-state index is 11.7. The van der Waals surface area contributed by atoms with E-state index in [1.807, 2.05) is 11.8 Å². The van der Waals surface area contributed by atoms with Crippen molar-refractivity contribution in [2.24, 2.45) is 5.92 Å². The van der Waals surface area contributed by atoms with Crippen LogP contribution in [0.3, 0.4) is 0 Å². The van der Waals surface area contributed by atoms with Crippen LogP contribution in [-0.2, 0) is 14.3 Å². The van der Waals surface area contributed by atoms with Gasteiger partial charge in [-0.25, -0.2) is 0 Å². The van der Waals surface area contributed by atoms with Crippen LogP contribution < -0.4 is 5.32 Å². The molecule has 1 saturated heterocycles. The van der Waals surface area contributed by atoms with Gasteiger partial charge in [0.25, 0.3) is 0 Å². The van der Waals surface area contributed by atoms with E-state index in [-0.39, 0.29) is 17.8 Å². The molecule has 1 fully saturated rings. The van der Waals surface area contributed by atoms with Crippen molar-refractivity contribution in [3.8, 4) is 0 Å². The summed E-state index contributed by atoms with van der Waals surface area (Å²) in [7, 11) is 0. The van der Waals surface area contributed by atoms with Crippen LogP contribution in [0.15, 0.2) is 0 Å². The summed E-state index contributed by atoms with van der Waals surface area (Å²) in [6.07, 6.45) is 2.76. The van der Waals surface area contributed by atoms with E-state index >= 15 is 0 Å². The molecule has 0 saturated carbocycles. The Hall–Kier alpha value is -1.10. The van der Waals surface area contributed by atoms with Gasteiger partial charge in [-0.15, -0.1) is 0 Å². The molecule has 18 heavy (non-hydrogen) atoms. The number of esters is 1. The van der Waals surface area contributed by atoms with E-state index in [0.717, 1.165) is 25.9 Å². The molecule has 0 spiro atoms. The Labute approximate surface area is 109 Å². The number of rotatable bonds is 7. The average molecular weight is 256 g/mol. The van der Waals surface area contributed by atoms with Crippen LogP contribution in [0.2, 0.25) is 0 Å². The van der Waals surface area contributed by atoms with Gasteiger partial charge < -0.3 is 15.0 Å². The number of carbonyl (C=O) groups is 2. The van der Waals surface area contributed by atoms with Crippen molar-refractivity contribution in [3.05, 3.63) is 0 Å². The molecule has 1 atom stereocenters. The summed E-state index contributed by atoms with van der Waals surface area (Å²) in [5.41, 5.74) is 0. The van der Waals surface area contributed by atoms with E-state index in [1.165, 1.54) is 0 Å². The largest absolute Gasteiger partial charge is 0.466 e. The highest BCUT2D eigenvalue weighted by Crippen LogP contribution is 2.08. The Kier molecular flexibility index (Phi) is 6.72. The third-order valence-corrected chi connectivity index (χ3v) is 3.11. The molecule has 0 bridgehead atoms. The molecule has 0 aliphatic carbocycles. The second-order valence-electron chi connectivity index (χ2n) is 4.70.